The first-order valence-corrected chi connectivity index (χ1v) is 2.77. The lowest BCUT2D eigenvalue weighted by Gasteiger charge is -2.15. The molecular weight excluding hydrogens is 157 g/mol. The minimum Gasteiger partial charge on any atom is -0.337 e. The van der Waals surface area contributed by atoms with Crippen LogP contribution in [-0.4, -0.2) is 12.4 Å². The van der Waals surface area contributed by atoms with E-state index in [1.165, 1.54) is 0 Å². The lowest BCUT2D eigenvalue weighted by Crippen LogP contribution is -2.26. The van der Waals surface area contributed by atoms with E-state index in [1.54, 1.807) is 0 Å². The number of alkyl halides is 3. The normalized spacial score (nSPS) is 17.7. The van der Waals surface area contributed by atoms with E-state index in [0.29, 0.717) is 0 Å². The van der Waals surface area contributed by atoms with Crippen LogP contribution in [0, 0.1) is 0 Å². The molecule has 2 nitrogen and oxygen atoms in total. The van der Waals surface area contributed by atoms with Crippen molar-refractivity contribution in [3.05, 3.63) is 24.2 Å². The monoisotopic (exact) mass is 162 g/mol. The quantitative estimate of drug-likeness (QED) is 0.574. The molecule has 0 saturated carbocycles. The fourth-order valence-corrected chi connectivity index (χ4v) is 0.597. The van der Waals surface area contributed by atoms with E-state index in [1.807, 2.05) is 5.32 Å². The molecule has 1 aliphatic heterocycles. The van der Waals surface area contributed by atoms with Crippen molar-refractivity contribution >= 4 is 6.21 Å². The van der Waals surface area contributed by atoms with Crippen LogP contribution in [-0.2, 0) is 0 Å². The van der Waals surface area contributed by atoms with Gasteiger partial charge in [-0.3, -0.25) is 0 Å². The van der Waals surface area contributed by atoms with Crippen molar-refractivity contribution in [3.63, 3.8) is 0 Å². The predicted octanol–water partition coefficient (Wildman–Crippen LogP) is 1.58. The molecule has 1 N–H and O–H groups in total. The summed E-state index contributed by atoms with van der Waals surface area (Å²) in [6.07, 6.45) is -2.44. The number of allylic oxidation sites excluding steroid dienone is 2. The topological polar surface area (TPSA) is 24.4 Å². The zero-order valence-corrected chi connectivity index (χ0v) is 5.44. The molecule has 0 radical (unpaired) electrons. The zero-order valence-electron chi connectivity index (χ0n) is 5.44. The Balaban J connectivity index is 2.83. The lowest BCUT2D eigenvalue weighted by molar-refractivity contribution is -0.0958. The molecule has 5 heteroatoms. The Bertz CT molecular complexity index is 237. The summed E-state index contributed by atoms with van der Waals surface area (Å²) in [5, 5.41) is 2.00. The number of hydrogen-bond acceptors (Lipinski definition) is 2. The van der Waals surface area contributed by atoms with Crippen molar-refractivity contribution in [3.8, 4) is 0 Å². The van der Waals surface area contributed by atoms with Gasteiger partial charge in [0.1, 0.15) is 11.5 Å². The van der Waals surface area contributed by atoms with Gasteiger partial charge in [-0.25, -0.2) is 4.99 Å². The second-order valence-corrected chi connectivity index (χ2v) is 1.93. The number of halogens is 3. The van der Waals surface area contributed by atoms with Crippen molar-refractivity contribution < 1.29 is 13.2 Å². The van der Waals surface area contributed by atoms with Gasteiger partial charge in [-0.05, 0) is 6.08 Å². The summed E-state index contributed by atoms with van der Waals surface area (Å²) in [6.45, 7) is 3.23. The SMILES string of the molecule is C=C1N=CC=C(C(F)(F)F)N1. The average Bonchev–Trinajstić information content (AvgIpc) is 1.86. The number of nitrogens with zero attached hydrogens (tertiary/aromatic N) is 1. The molecule has 0 saturated heterocycles. The molecule has 1 rings (SSSR count). The van der Waals surface area contributed by atoms with Crippen molar-refractivity contribution in [2.75, 3.05) is 0 Å². The van der Waals surface area contributed by atoms with Gasteiger partial charge in [0.05, 0.1) is 0 Å². The standard InChI is InChI=1S/C6H5F3N2/c1-4-10-3-2-5(11-4)6(7,8)9/h2-3,11H,1H2. The van der Waals surface area contributed by atoms with Crippen molar-refractivity contribution in [2.45, 2.75) is 6.18 Å². The van der Waals surface area contributed by atoms with Crippen LogP contribution in [0.1, 0.15) is 0 Å². The fourth-order valence-electron chi connectivity index (χ4n) is 0.597. The van der Waals surface area contributed by atoms with Crippen LogP contribution in [0.3, 0.4) is 0 Å². The van der Waals surface area contributed by atoms with Crippen LogP contribution in [0.25, 0.3) is 0 Å². The highest BCUT2D eigenvalue weighted by molar-refractivity contribution is 5.74. The number of hydrogen-bond donors (Lipinski definition) is 1. The fraction of sp³-hybridized carbons (Fsp3) is 0.167. The van der Waals surface area contributed by atoms with Crippen LogP contribution in [0.15, 0.2) is 29.2 Å². The zero-order chi connectivity index (χ0) is 8.48. The molecular formula is C6H5F3N2. The Labute approximate surface area is 61.1 Å². The van der Waals surface area contributed by atoms with E-state index >= 15 is 0 Å². The van der Waals surface area contributed by atoms with Crippen molar-refractivity contribution in [1.82, 2.24) is 5.32 Å². The molecule has 0 aromatic heterocycles. The molecule has 0 fully saturated rings. The number of nitrogens with one attached hydrogen (secondary N) is 1. The average molecular weight is 162 g/mol. The minimum atomic E-state index is -4.35. The van der Waals surface area contributed by atoms with E-state index in [-0.39, 0.29) is 5.82 Å². The lowest BCUT2D eigenvalue weighted by atomic mass is 10.3. The smallest absolute Gasteiger partial charge is 0.337 e. The first-order valence-electron chi connectivity index (χ1n) is 2.77. The molecule has 0 aliphatic carbocycles. The van der Waals surface area contributed by atoms with Gasteiger partial charge in [-0.2, -0.15) is 13.2 Å². The molecule has 11 heavy (non-hydrogen) atoms. The van der Waals surface area contributed by atoms with Crippen LogP contribution < -0.4 is 5.32 Å². The second-order valence-electron chi connectivity index (χ2n) is 1.93. The summed E-state index contributed by atoms with van der Waals surface area (Å²) >= 11 is 0. The summed E-state index contributed by atoms with van der Waals surface area (Å²) in [4.78, 5) is 3.49. The largest absolute Gasteiger partial charge is 0.431 e. The highest BCUT2D eigenvalue weighted by atomic mass is 19.4. The van der Waals surface area contributed by atoms with Gasteiger partial charge in [0.15, 0.2) is 0 Å². The Morgan fingerprint density at radius 1 is 1.45 bits per heavy atom. The molecule has 0 aromatic carbocycles. The third kappa shape index (κ3) is 1.83. The molecule has 1 aliphatic rings. The molecule has 0 aromatic rings. The van der Waals surface area contributed by atoms with Crippen LogP contribution >= 0.6 is 0 Å². The predicted molar refractivity (Wildman–Crippen MR) is 34.9 cm³/mol. The molecule has 60 valence electrons. The Morgan fingerprint density at radius 2 is 2.09 bits per heavy atom. The minimum absolute atomic E-state index is 0.000162. The van der Waals surface area contributed by atoms with Gasteiger partial charge >= 0.3 is 6.18 Å². The summed E-state index contributed by atoms with van der Waals surface area (Å²) in [6, 6.07) is 0. The molecule has 0 atom stereocenters. The maximum absolute atomic E-state index is 11.9. The van der Waals surface area contributed by atoms with Gasteiger partial charge < -0.3 is 5.32 Å². The van der Waals surface area contributed by atoms with Crippen LogP contribution in [0.4, 0.5) is 13.2 Å². The Kier molecular flexibility index (Phi) is 1.72. The third-order valence-electron chi connectivity index (χ3n) is 1.06. The summed E-state index contributed by atoms with van der Waals surface area (Å²) in [7, 11) is 0. The molecule has 1 heterocycles. The summed E-state index contributed by atoms with van der Waals surface area (Å²) in [5.41, 5.74) is -0.836. The van der Waals surface area contributed by atoms with Crippen LogP contribution in [0.2, 0.25) is 0 Å². The molecule has 0 amide bonds. The molecule has 0 spiro atoms. The third-order valence-corrected chi connectivity index (χ3v) is 1.06. The second kappa shape index (κ2) is 2.41. The van der Waals surface area contributed by atoms with Gasteiger partial charge in [0.25, 0.3) is 0 Å². The maximum atomic E-state index is 11.9. The summed E-state index contributed by atoms with van der Waals surface area (Å²) in [5.74, 6) is -0.000162. The number of aliphatic imine (C=N–C) groups is 1. The molecule has 0 bridgehead atoms. The van der Waals surface area contributed by atoms with E-state index < -0.39 is 11.9 Å². The van der Waals surface area contributed by atoms with E-state index in [2.05, 4.69) is 11.6 Å². The van der Waals surface area contributed by atoms with Gasteiger partial charge in [0, 0.05) is 6.21 Å². The van der Waals surface area contributed by atoms with Gasteiger partial charge in [-0.1, -0.05) is 6.58 Å². The number of rotatable bonds is 0. The van der Waals surface area contributed by atoms with E-state index in [9.17, 15) is 13.2 Å². The molecule has 0 unspecified atom stereocenters. The highest BCUT2D eigenvalue weighted by Crippen LogP contribution is 2.24. The van der Waals surface area contributed by atoms with Gasteiger partial charge in [-0.15, -0.1) is 0 Å². The highest BCUT2D eigenvalue weighted by Gasteiger charge is 2.34. The van der Waals surface area contributed by atoms with E-state index in [0.717, 1.165) is 12.3 Å². The van der Waals surface area contributed by atoms with E-state index in [4.69, 9.17) is 0 Å². The Morgan fingerprint density at radius 3 is 2.45 bits per heavy atom. The van der Waals surface area contributed by atoms with Gasteiger partial charge in [0.2, 0.25) is 0 Å². The van der Waals surface area contributed by atoms with Crippen molar-refractivity contribution in [1.29, 1.82) is 0 Å². The Hall–Kier alpha value is -1.26. The first-order chi connectivity index (χ1) is 5.00. The summed E-state index contributed by atoms with van der Waals surface area (Å²) < 4.78 is 35.6. The first kappa shape index (κ1) is 7.84. The maximum Gasteiger partial charge on any atom is 0.431 e. The van der Waals surface area contributed by atoms with Crippen LogP contribution in [0.5, 0.6) is 0 Å². The van der Waals surface area contributed by atoms with Crippen molar-refractivity contribution in [2.24, 2.45) is 4.99 Å².